The summed E-state index contributed by atoms with van der Waals surface area (Å²) in [5.74, 6) is 1.85. The molecule has 2 bridgehead atoms. The molecule has 0 radical (unpaired) electrons. The number of pyridine rings is 2. The van der Waals surface area contributed by atoms with Crippen molar-refractivity contribution in [3.05, 3.63) is 47.5 Å². The third kappa shape index (κ3) is 4.13. The quantitative estimate of drug-likeness (QED) is 0.218. The Morgan fingerprint density at radius 1 is 1.06 bits per heavy atom. The van der Waals surface area contributed by atoms with Crippen molar-refractivity contribution in [2.45, 2.75) is 95.0 Å². The van der Waals surface area contributed by atoms with Crippen molar-refractivity contribution in [3.63, 3.8) is 0 Å². The van der Waals surface area contributed by atoms with Gasteiger partial charge in [-0.05, 0) is 108 Å². The highest BCUT2D eigenvalue weighted by atomic mass is 19.1. The Morgan fingerprint density at radius 2 is 1.94 bits per heavy atom. The molecule has 0 spiro atoms. The topological polar surface area (TPSA) is 81.9 Å². The van der Waals surface area contributed by atoms with E-state index in [2.05, 4.69) is 35.6 Å². The van der Waals surface area contributed by atoms with E-state index in [1.165, 1.54) is 19.3 Å². The number of benzene rings is 1. The Hall–Kier alpha value is -3.92. The number of cyclic esters (lactones) is 1. The molecule has 2 unspecified atom stereocenters. The van der Waals surface area contributed by atoms with Crippen molar-refractivity contribution < 1.29 is 23.4 Å². The van der Waals surface area contributed by atoms with Crippen LogP contribution in [0.2, 0.25) is 0 Å². The Morgan fingerprint density at radius 3 is 2.75 bits per heavy atom. The molecule has 1 amide bonds. The molecule has 3 aromatic heterocycles. The fraction of sp³-hybridized carbons (Fsp3) is 0.553. The summed E-state index contributed by atoms with van der Waals surface area (Å²) >= 11 is 0. The van der Waals surface area contributed by atoms with Crippen molar-refractivity contribution in [3.8, 4) is 22.9 Å². The Kier molecular flexibility index (Phi) is 6.53. The average molecular weight is 652 g/mol. The fourth-order valence-electron chi connectivity index (χ4n) is 10.3. The van der Waals surface area contributed by atoms with Crippen LogP contribution in [0.25, 0.3) is 33.1 Å². The highest BCUT2D eigenvalue weighted by molar-refractivity contribution is 6.07. The SMILES string of the molecule is C[C@H](Oc1nc2c(F)c(-c3cccc4c3OCCC4)ncc2c2c1cc(C1CC[C@H]3COC(=O)N13)n2C1[C@@H]2CC[C@H]1C2)[C@@H]1CCCN1C. The maximum absolute atomic E-state index is 17.1. The van der Waals surface area contributed by atoms with Crippen LogP contribution in [0.4, 0.5) is 9.18 Å². The van der Waals surface area contributed by atoms with Crippen LogP contribution in [0.15, 0.2) is 30.5 Å². The van der Waals surface area contributed by atoms with E-state index in [9.17, 15) is 4.79 Å². The zero-order chi connectivity index (χ0) is 32.3. The average Bonchev–Trinajstić information content (AvgIpc) is 3.94. The van der Waals surface area contributed by atoms with Gasteiger partial charge in [0, 0.05) is 34.9 Å². The molecule has 6 fully saturated rings. The minimum absolute atomic E-state index is 0.0938. The second-order valence-electron chi connectivity index (χ2n) is 15.1. The highest BCUT2D eigenvalue weighted by Crippen LogP contribution is 2.59. The minimum atomic E-state index is -0.456. The summed E-state index contributed by atoms with van der Waals surface area (Å²) in [4.78, 5) is 27.2. The van der Waals surface area contributed by atoms with E-state index in [4.69, 9.17) is 24.2 Å². The highest BCUT2D eigenvalue weighted by Gasteiger charge is 2.51. The van der Waals surface area contributed by atoms with Crippen LogP contribution in [-0.2, 0) is 11.2 Å². The van der Waals surface area contributed by atoms with Gasteiger partial charge in [-0.25, -0.2) is 14.2 Å². The number of fused-ring (bicyclic) bond motifs is 6. The predicted molar refractivity (Wildman–Crippen MR) is 179 cm³/mol. The van der Waals surface area contributed by atoms with Crippen LogP contribution >= 0.6 is 0 Å². The van der Waals surface area contributed by atoms with Crippen LogP contribution in [0.5, 0.6) is 11.6 Å². The normalized spacial score (nSPS) is 30.0. The second-order valence-corrected chi connectivity index (χ2v) is 15.1. The van der Waals surface area contributed by atoms with E-state index in [0.29, 0.717) is 47.9 Å². The number of hydrogen-bond donors (Lipinski definition) is 0. The van der Waals surface area contributed by atoms with Crippen molar-refractivity contribution in [1.29, 1.82) is 0 Å². The fourth-order valence-corrected chi connectivity index (χ4v) is 10.3. The van der Waals surface area contributed by atoms with Gasteiger partial charge in [-0.1, -0.05) is 12.1 Å². The predicted octanol–water partition coefficient (Wildman–Crippen LogP) is 7.20. The molecule has 9 nitrogen and oxygen atoms in total. The summed E-state index contributed by atoms with van der Waals surface area (Å²) in [6, 6.07) is 8.64. The van der Waals surface area contributed by atoms with Gasteiger partial charge in [0.2, 0.25) is 5.88 Å². The summed E-state index contributed by atoms with van der Waals surface area (Å²) in [5.41, 5.74) is 4.28. The molecule has 3 saturated carbocycles. The van der Waals surface area contributed by atoms with Crippen LogP contribution in [0, 0.1) is 17.7 Å². The lowest BCUT2D eigenvalue weighted by molar-refractivity contribution is 0.119. The summed E-state index contributed by atoms with van der Waals surface area (Å²) in [6.45, 7) is 4.19. The Bertz CT molecular complexity index is 1960. The van der Waals surface area contributed by atoms with Gasteiger partial charge in [-0.15, -0.1) is 0 Å². The monoisotopic (exact) mass is 651 g/mol. The number of carbonyl (C=O) groups excluding carboxylic acids is 1. The number of likely N-dealkylation sites (tertiary alicyclic amines) is 1. The van der Waals surface area contributed by atoms with Gasteiger partial charge in [-0.2, -0.15) is 0 Å². The zero-order valence-electron chi connectivity index (χ0n) is 27.7. The van der Waals surface area contributed by atoms with Crippen LogP contribution < -0.4 is 9.47 Å². The number of ether oxygens (including phenoxy) is 3. The van der Waals surface area contributed by atoms with E-state index in [1.54, 1.807) is 0 Å². The first-order chi connectivity index (χ1) is 23.5. The molecular weight excluding hydrogens is 609 g/mol. The van der Waals surface area contributed by atoms with Crippen molar-refractivity contribution in [1.82, 2.24) is 24.3 Å². The summed E-state index contributed by atoms with van der Waals surface area (Å²) < 4.78 is 38.1. The molecule has 7 atom stereocenters. The number of nitrogens with zero attached hydrogens (tertiary/aromatic N) is 5. The molecule has 11 rings (SSSR count). The summed E-state index contributed by atoms with van der Waals surface area (Å²) in [7, 11) is 2.15. The van der Waals surface area contributed by atoms with Crippen LogP contribution in [0.1, 0.15) is 81.6 Å². The first-order valence-corrected chi connectivity index (χ1v) is 18.1. The van der Waals surface area contributed by atoms with Crippen molar-refractivity contribution >= 4 is 27.9 Å². The number of halogens is 1. The van der Waals surface area contributed by atoms with E-state index in [1.807, 2.05) is 23.2 Å². The largest absolute Gasteiger partial charge is 0.493 e. The standard InChI is InChI=1S/C38H42FN5O4/c1-20(28-9-4-14-42(28)2)48-37-26-17-30(29-13-12-24-19-47-38(45)43(24)29)44(34-22-10-11-23(34)16-22)35(26)27-18-40-32(31(39)33(27)41-37)25-8-3-6-21-7-5-15-46-36(21)25/h3,6,8,17-18,20,22-24,28-29,34H,4-5,7,9-16,19H2,1-2H3/t20-,22-,23+,24-,28-,29?,34?/m0/s1. The number of rotatable bonds is 6. The van der Waals surface area contributed by atoms with Crippen LogP contribution in [-0.4, -0.2) is 75.4 Å². The number of para-hydroxylation sites is 1. The van der Waals surface area contributed by atoms with Gasteiger partial charge < -0.3 is 18.8 Å². The van der Waals surface area contributed by atoms with E-state index in [0.717, 1.165) is 73.0 Å². The van der Waals surface area contributed by atoms with E-state index < -0.39 is 5.82 Å². The van der Waals surface area contributed by atoms with E-state index in [-0.39, 0.29) is 41.5 Å². The van der Waals surface area contributed by atoms with Gasteiger partial charge >= 0.3 is 6.09 Å². The molecule has 1 aromatic carbocycles. The lowest BCUT2D eigenvalue weighted by Crippen LogP contribution is -2.38. The number of aryl methyl sites for hydroxylation is 1. The maximum atomic E-state index is 17.1. The lowest BCUT2D eigenvalue weighted by atomic mass is 9.78. The Balaban J connectivity index is 1.21. The Labute approximate surface area is 279 Å². The molecule has 250 valence electrons. The first-order valence-electron chi connectivity index (χ1n) is 18.1. The zero-order valence-corrected chi connectivity index (χ0v) is 27.7. The van der Waals surface area contributed by atoms with Gasteiger partial charge in [-0.3, -0.25) is 14.8 Å². The molecule has 3 aliphatic carbocycles. The number of likely N-dealkylation sites (N-methyl/N-ethyl adjacent to an activating group) is 1. The van der Waals surface area contributed by atoms with E-state index >= 15 is 4.39 Å². The number of carbonyl (C=O) groups is 1. The van der Waals surface area contributed by atoms with Crippen molar-refractivity contribution in [2.75, 3.05) is 26.8 Å². The van der Waals surface area contributed by atoms with Crippen molar-refractivity contribution in [2.24, 2.45) is 11.8 Å². The summed E-state index contributed by atoms with van der Waals surface area (Å²) in [6.07, 6.45) is 10.8. The number of hydrogen-bond acceptors (Lipinski definition) is 7. The summed E-state index contributed by atoms with van der Waals surface area (Å²) in [5, 5.41) is 1.56. The molecule has 4 aromatic rings. The smallest absolute Gasteiger partial charge is 0.410 e. The number of amides is 1. The van der Waals surface area contributed by atoms with Gasteiger partial charge in [0.15, 0.2) is 5.82 Å². The number of aromatic nitrogens is 3. The molecule has 7 heterocycles. The third-order valence-corrected chi connectivity index (χ3v) is 12.6. The van der Waals surface area contributed by atoms with Gasteiger partial charge in [0.25, 0.3) is 0 Å². The molecule has 4 aliphatic heterocycles. The van der Waals surface area contributed by atoms with Gasteiger partial charge in [0.05, 0.1) is 29.6 Å². The van der Waals surface area contributed by atoms with Crippen LogP contribution in [0.3, 0.4) is 0 Å². The maximum Gasteiger partial charge on any atom is 0.410 e. The minimum Gasteiger partial charge on any atom is -0.493 e. The first kappa shape index (κ1) is 29.0. The second kappa shape index (κ2) is 10.8. The molecular formula is C38H42FN5O4. The molecule has 10 heteroatoms. The molecule has 7 aliphatic rings. The molecule has 3 saturated heterocycles. The molecule has 0 N–H and O–H groups in total. The molecule has 48 heavy (non-hydrogen) atoms. The lowest BCUT2D eigenvalue weighted by Gasteiger charge is -2.40. The van der Waals surface area contributed by atoms with Gasteiger partial charge in [0.1, 0.15) is 29.7 Å². The third-order valence-electron chi connectivity index (χ3n) is 12.6.